The van der Waals surface area contributed by atoms with E-state index in [4.69, 9.17) is 28.2 Å². The molecule has 5 heteroatoms. The topological polar surface area (TPSA) is 42.0 Å². The highest BCUT2D eigenvalue weighted by molar-refractivity contribution is 6.34. The first-order chi connectivity index (χ1) is 13.9. The summed E-state index contributed by atoms with van der Waals surface area (Å²) in [5, 5.41) is 4.88. The van der Waals surface area contributed by atoms with Gasteiger partial charge >= 0.3 is 0 Å². The summed E-state index contributed by atoms with van der Waals surface area (Å²) in [5.41, 5.74) is 5.61. The van der Waals surface area contributed by atoms with Gasteiger partial charge in [-0.3, -0.25) is 4.79 Å². The molecule has 0 aliphatic rings. The number of aromatic nitrogens is 1. The molecule has 4 rings (SSSR count). The van der Waals surface area contributed by atoms with Crippen molar-refractivity contribution < 1.29 is 4.79 Å². The van der Waals surface area contributed by atoms with E-state index in [0.717, 1.165) is 27.6 Å². The molecule has 4 aromatic rings. The van der Waals surface area contributed by atoms with Gasteiger partial charge in [-0.2, -0.15) is 0 Å². The Morgan fingerprint density at radius 3 is 2.38 bits per heavy atom. The summed E-state index contributed by atoms with van der Waals surface area (Å²) in [6, 6.07) is 20.5. The Balaban J connectivity index is 1.89. The van der Waals surface area contributed by atoms with Gasteiger partial charge < -0.3 is 5.32 Å². The minimum atomic E-state index is -0.231. The van der Waals surface area contributed by atoms with E-state index in [2.05, 4.69) is 11.4 Å². The van der Waals surface area contributed by atoms with Crippen LogP contribution in [0, 0.1) is 13.8 Å². The molecule has 0 aliphatic carbocycles. The normalized spacial score (nSPS) is 10.9. The van der Waals surface area contributed by atoms with E-state index in [1.807, 2.05) is 62.4 Å². The molecule has 3 aromatic carbocycles. The highest BCUT2D eigenvalue weighted by Gasteiger charge is 2.17. The second-order valence-electron chi connectivity index (χ2n) is 6.97. The van der Waals surface area contributed by atoms with E-state index < -0.39 is 0 Å². The third kappa shape index (κ3) is 3.98. The number of pyridine rings is 1. The smallest absolute Gasteiger partial charge is 0.256 e. The lowest BCUT2D eigenvalue weighted by Crippen LogP contribution is -2.13. The third-order valence-corrected chi connectivity index (χ3v) is 5.34. The molecular weight excluding hydrogens is 403 g/mol. The number of fused-ring (bicyclic) bond motifs is 1. The van der Waals surface area contributed by atoms with Crippen molar-refractivity contribution in [2.45, 2.75) is 13.8 Å². The Hall–Kier alpha value is -2.88. The third-order valence-electron chi connectivity index (χ3n) is 4.75. The van der Waals surface area contributed by atoms with Crippen LogP contribution in [0.4, 0.5) is 5.69 Å². The zero-order chi connectivity index (χ0) is 20.5. The van der Waals surface area contributed by atoms with Crippen LogP contribution in [0.5, 0.6) is 0 Å². The number of carbonyl (C=O) groups is 1. The van der Waals surface area contributed by atoms with Gasteiger partial charge in [-0.1, -0.05) is 59.1 Å². The summed E-state index contributed by atoms with van der Waals surface area (Å²) in [6.45, 7) is 4.01. The first-order valence-electron chi connectivity index (χ1n) is 9.16. The number of aryl methyl sites for hydroxylation is 2. The number of hydrogen-bond donors (Lipinski definition) is 1. The Bertz CT molecular complexity index is 1230. The van der Waals surface area contributed by atoms with Crippen LogP contribution >= 0.6 is 23.2 Å². The van der Waals surface area contributed by atoms with Crippen molar-refractivity contribution in [2.75, 3.05) is 5.32 Å². The lowest BCUT2D eigenvalue weighted by molar-refractivity contribution is 0.102. The lowest BCUT2D eigenvalue weighted by Gasteiger charge is -2.13. The maximum absolute atomic E-state index is 13.2. The Kier molecular flexibility index (Phi) is 5.27. The number of carbonyl (C=O) groups excluding carboxylic acids is 1. The second-order valence-corrected chi connectivity index (χ2v) is 7.82. The summed E-state index contributed by atoms with van der Waals surface area (Å²) in [7, 11) is 0. The Morgan fingerprint density at radius 1 is 0.931 bits per heavy atom. The van der Waals surface area contributed by atoms with Crippen molar-refractivity contribution >= 4 is 45.7 Å². The van der Waals surface area contributed by atoms with Crippen molar-refractivity contribution in [3.05, 3.63) is 93.5 Å². The standard InChI is InChI=1S/C24H18Cl2N2O/c1-14-11-15(2)23-18(12-14)19(24(29)28-21-6-4-3-5-20(21)26)13-22(27-23)16-7-9-17(25)10-8-16/h3-13H,1-2H3,(H,28,29). The average Bonchev–Trinajstić information content (AvgIpc) is 2.69. The van der Waals surface area contributed by atoms with Crippen LogP contribution in [-0.2, 0) is 0 Å². The Labute approximate surface area is 179 Å². The molecule has 0 bridgehead atoms. The summed E-state index contributed by atoms with van der Waals surface area (Å²) in [5.74, 6) is -0.231. The van der Waals surface area contributed by atoms with Crippen LogP contribution in [0.15, 0.2) is 66.7 Å². The molecule has 144 valence electrons. The minimum absolute atomic E-state index is 0.231. The molecule has 0 saturated carbocycles. The maximum Gasteiger partial charge on any atom is 0.256 e. The fourth-order valence-corrected chi connectivity index (χ4v) is 3.70. The molecular formula is C24H18Cl2N2O. The number of nitrogens with one attached hydrogen (secondary N) is 1. The summed E-state index contributed by atoms with van der Waals surface area (Å²) in [6.07, 6.45) is 0. The van der Waals surface area contributed by atoms with Crippen LogP contribution in [0.2, 0.25) is 10.0 Å². The first kappa shape index (κ1) is 19.4. The maximum atomic E-state index is 13.2. The van der Waals surface area contributed by atoms with Gasteiger partial charge in [-0.25, -0.2) is 4.98 Å². The minimum Gasteiger partial charge on any atom is -0.321 e. The highest BCUT2D eigenvalue weighted by Crippen LogP contribution is 2.30. The summed E-state index contributed by atoms with van der Waals surface area (Å²) >= 11 is 12.3. The van der Waals surface area contributed by atoms with Gasteiger partial charge in [0.2, 0.25) is 0 Å². The van der Waals surface area contributed by atoms with Crippen LogP contribution in [0.1, 0.15) is 21.5 Å². The van der Waals surface area contributed by atoms with E-state index in [0.29, 0.717) is 27.0 Å². The number of hydrogen-bond acceptors (Lipinski definition) is 2. The number of anilines is 1. The molecule has 0 saturated heterocycles. The zero-order valence-corrected chi connectivity index (χ0v) is 17.5. The van der Waals surface area contributed by atoms with Gasteiger partial charge in [0.05, 0.1) is 27.5 Å². The molecule has 0 fully saturated rings. The second kappa shape index (κ2) is 7.86. The van der Waals surface area contributed by atoms with E-state index in [1.54, 1.807) is 12.1 Å². The number of rotatable bonds is 3. The van der Waals surface area contributed by atoms with Crippen molar-refractivity contribution in [3.63, 3.8) is 0 Å². The van der Waals surface area contributed by atoms with Gasteiger partial charge in [0.15, 0.2) is 0 Å². The molecule has 0 atom stereocenters. The Morgan fingerprint density at radius 2 is 1.66 bits per heavy atom. The summed E-state index contributed by atoms with van der Waals surface area (Å²) in [4.78, 5) is 18.1. The fraction of sp³-hybridized carbons (Fsp3) is 0.0833. The largest absolute Gasteiger partial charge is 0.321 e. The van der Waals surface area contributed by atoms with Crippen LogP contribution in [-0.4, -0.2) is 10.9 Å². The molecule has 29 heavy (non-hydrogen) atoms. The number of para-hydroxylation sites is 1. The van der Waals surface area contributed by atoms with Crippen molar-refractivity contribution in [1.29, 1.82) is 0 Å². The average molecular weight is 421 g/mol. The molecule has 0 unspecified atom stereocenters. The monoisotopic (exact) mass is 420 g/mol. The number of benzene rings is 3. The molecule has 3 nitrogen and oxygen atoms in total. The fourth-order valence-electron chi connectivity index (χ4n) is 3.39. The van der Waals surface area contributed by atoms with E-state index in [1.165, 1.54) is 0 Å². The van der Waals surface area contributed by atoms with Crippen LogP contribution in [0.25, 0.3) is 22.2 Å². The molecule has 1 N–H and O–H groups in total. The van der Waals surface area contributed by atoms with Crippen LogP contribution in [0.3, 0.4) is 0 Å². The highest BCUT2D eigenvalue weighted by atomic mass is 35.5. The van der Waals surface area contributed by atoms with E-state index in [-0.39, 0.29) is 5.91 Å². The molecule has 1 aromatic heterocycles. The predicted molar refractivity (Wildman–Crippen MR) is 121 cm³/mol. The molecule has 1 heterocycles. The van der Waals surface area contributed by atoms with Gasteiger partial charge in [0, 0.05) is 16.0 Å². The van der Waals surface area contributed by atoms with Crippen molar-refractivity contribution in [1.82, 2.24) is 4.98 Å². The first-order valence-corrected chi connectivity index (χ1v) is 9.92. The number of nitrogens with zero attached hydrogens (tertiary/aromatic N) is 1. The van der Waals surface area contributed by atoms with Gasteiger partial charge in [0.1, 0.15) is 0 Å². The molecule has 0 radical (unpaired) electrons. The SMILES string of the molecule is Cc1cc(C)c2nc(-c3ccc(Cl)cc3)cc(C(=O)Nc3ccccc3Cl)c2c1. The molecule has 0 spiro atoms. The van der Waals surface area contributed by atoms with Gasteiger partial charge in [-0.15, -0.1) is 0 Å². The lowest BCUT2D eigenvalue weighted by atomic mass is 9.99. The predicted octanol–water partition coefficient (Wildman–Crippen LogP) is 7.08. The number of halogens is 2. The molecule has 1 amide bonds. The van der Waals surface area contributed by atoms with E-state index >= 15 is 0 Å². The van der Waals surface area contributed by atoms with Crippen molar-refractivity contribution in [2.24, 2.45) is 0 Å². The quantitative estimate of drug-likeness (QED) is 0.384. The van der Waals surface area contributed by atoms with E-state index in [9.17, 15) is 4.79 Å². The summed E-state index contributed by atoms with van der Waals surface area (Å²) < 4.78 is 0. The zero-order valence-electron chi connectivity index (χ0n) is 16.0. The van der Waals surface area contributed by atoms with Crippen molar-refractivity contribution in [3.8, 4) is 11.3 Å². The van der Waals surface area contributed by atoms with Gasteiger partial charge in [-0.05, 0) is 55.8 Å². The van der Waals surface area contributed by atoms with Crippen LogP contribution < -0.4 is 5.32 Å². The molecule has 0 aliphatic heterocycles. The number of amides is 1. The van der Waals surface area contributed by atoms with Gasteiger partial charge in [0.25, 0.3) is 5.91 Å².